The minimum absolute atomic E-state index is 0.0296. The van der Waals surface area contributed by atoms with Crippen molar-refractivity contribution in [2.24, 2.45) is 0 Å². The summed E-state index contributed by atoms with van der Waals surface area (Å²) in [6.45, 7) is 1.89. The molecule has 1 atom stereocenters. The first-order valence-electron chi connectivity index (χ1n) is 6.06. The van der Waals surface area contributed by atoms with Crippen molar-refractivity contribution in [1.82, 2.24) is 4.31 Å². The summed E-state index contributed by atoms with van der Waals surface area (Å²) in [6.07, 6.45) is 0.551. The van der Waals surface area contributed by atoms with Crippen molar-refractivity contribution < 1.29 is 17.9 Å². The predicted octanol–water partition coefficient (Wildman–Crippen LogP) is 0.862. The van der Waals surface area contributed by atoms with Crippen molar-refractivity contribution in [3.8, 4) is 0 Å². The van der Waals surface area contributed by atoms with Crippen molar-refractivity contribution in [3.05, 3.63) is 23.5 Å². The molecule has 0 bridgehead atoms. The number of rotatable bonds is 2. The molecule has 0 aliphatic carbocycles. The largest absolute Gasteiger partial charge is 0.396 e. The van der Waals surface area contributed by atoms with Crippen LogP contribution in [0, 0.1) is 12.7 Å². The maximum Gasteiger partial charge on any atom is 0.243 e. The summed E-state index contributed by atoms with van der Waals surface area (Å²) in [7, 11) is -3.73. The normalized spacial score (nSPS) is 21.5. The van der Waals surface area contributed by atoms with Crippen LogP contribution in [0.5, 0.6) is 0 Å². The molecule has 0 spiro atoms. The van der Waals surface area contributed by atoms with Crippen LogP contribution in [-0.2, 0) is 10.0 Å². The second kappa shape index (κ2) is 5.07. The van der Waals surface area contributed by atoms with Gasteiger partial charge in [0.15, 0.2) is 0 Å². The lowest BCUT2D eigenvalue weighted by atomic mass is 10.1. The van der Waals surface area contributed by atoms with Crippen LogP contribution < -0.4 is 5.73 Å². The highest BCUT2D eigenvalue weighted by atomic mass is 32.2. The predicted molar refractivity (Wildman–Crippen MR) is 69.5 cm³/mol. The molecule has 1 aliphatic rings. The van der Waals surface area contributed by atoms with Crippen molar-refractivity contribution in [1.29, 1.82) is 0 Å². The van der Waals surface area contributed by atoms with E-state index in [1.165, 1.54) is 17.3 Å². The summed E-state index contributed by atoms with van der Waals surface area (Å²) in [5.41, 5.74) is 5.47. The van der Waals surface area contributed by atoms with Gasteiger partial charge in [-0.3, -0.25) is 0 Å². The molecule has 1 aliphatic heterocycles. The first-order chi connectivity index (χ1) is 8.82. The molecule has 1 heterocycles. The second-order valence-electron chi connectivity index (χ2n) is 4.80. The van der Waals surface area contributed by atoms with Crippen molar-refractivity contribution in [3.63, 3.8) is 0 Å². The Kier molecular flexibility index (Phi) is 3.80. The van der Waals surface area contributed by atoms with Crippen LogP contribution in [0.2, 0.25) is 0 Å². The molecule has 1 fully saturated rings. The molecule has 0 radical (unpaired) electrons. The Morgan fingerprint density at radius 3 is 2.74 bits per heavy atom. The quantitative estimate of drug-likeness (QED) is 0.791. The van der Waals surface area contributed by atoms with Gasteiger partial charge >= 0.3 is 0 Å². The molecule has 5 nitrogen and oxygen atoms in total. The Morgan fingerprint density at radius 1 is 1.47 bits per heavy atom. The number of hydrogen-bond acceptors (Lipinski definition) is 4. The van der Waals surface area contributed by atoms with Crippen LogP contribution in [0.3, 0.4) is 0 Å². The van der Waals surface area contributed by atoms with Crippen molar-refractivity contribution in [2.75, 3.05) is 18.8 Å². The molecule has 1 saturated heterocycles. The number of nitrogens with two attached hydrogens (primary N) is 1. The number of piperidine rings is 1. The molecule has 3 N–H and O–H groups in total. The van der Waals surface area contributed by atoms with Crippen molar-refractivity contribution in [2.45, 2.75) is 30.8 Å². The second-order valence-corrected chi connectivity index (χ2v) is 6.74. The Labute approximate surface area is 111 Å². The molecule has 0 unspecified atom stereocenters. The molecule has 106 valence electrons. The van der Waals surface area contributed by atoms with Gasteiger partial charge in [0.1, 0.15) is 5.82 Å². The van der Waals surface area contributed by atoms with Gasteiger partial charge in [0, 0.05) is 13.1 Å². The van der Waals surface area contributed by atoms with Crippen LogP contribution >= 0.6 is 0 Å². The summed E-state index contributed by atoms with van der Waals surface area (Å²) < 4.78 is 39.4. The van der Waals surface area contributed by atoms with E-state index >= 15 is 0 Å². The van der Waals surface area contributed by atoms with Crippen LogP contribution in [0.1, 0.15) is 18.4 Å². The summed E-state index contributed by atoms with van der Waals surface area (Å²) >= 11 is 0. The summed E-state index contributed by atoms with van der Waals surface area (Å²) in [4.78, 5) is -0.0296. The Morgan fingerprint density at radius 2 is 2.16 bits per heavy atom. The third-order valence-corrected chi connectivity index (χ3v) is 5.10. The highest BCUT2D eigenvalue weighted by Crippen LogP contribution is 2.25. The molecule has 19 heavy (non-hydrogen) atoms. The molecule has 0 aromatic heterocycles. The number of aliphatic hydroxyl groups is 1. The zero-order valence-corrected chi connectivity index (χ0v) is 11.5. The van der Waals surface area contributed by atoms with E-state index in [2.05, 4.69) is 0 Å². The van der Waals surface area contributed by atoms with E-state index in [1.54, 1.807) is 0 Å². The Hall–Kier alpha value is -1.18. The number of aryl methyl sites for hydroxylation is 1. The Balaban J connectivity index is 2.39. The number of halogens is 1. The minimum atomic E-state index is -3.73. The molecule has 1 aromatic rings. The van der Waals surface area contributed by atoms with E-state index in [-0.39, 0.29) is 22.7 Å². The molecule has 7 heteroatoms. The van der Waals surface area contributed by atoms with E-state index in [0.717, 1.165) is 6.07 Å². The highest BCUT2D eigenvalue weighted by Gasteiger charge is 2.30. The first kappa shape index (κ1) is 14.2. The lowest BCUT2D eigenvalue weighted by molar-refractivity contribution is 0.108. The average molecular weight is 288 g/mol. The monoisotopic (exact) mass is 288 g/mol. The lowest BCUT2D eigenvalue weighted by Gasteiger charge is -2.29. The van der Waals surface area contributed by atoms with E-state index in [4.69, 9.17) is 5.73 Å². The fraction of sp³-hybridized carbons (Fsp3) is 0.500. The summed E-state index contributed by atoms with van der Waals surface area (Å²) in [6, 6.07) is 2.39. The SMILES string of the molecule is Cc1cc(S(=O)(=O)N2CCC[C@H](O)C2)cc(N)c1F. The third kappa shape index (κ3) is 2.72. The van der Waals surface area contributed by atoms with Crippen LogP contribution in [0.25, 0.3) is 0 Å². The smallest absolute Gasteiger partial charge is 0.243 e. The van der Waals surface area contributed by atoms with E-state index in [1.807, 2.05) is 0 Å². The zero-order chi connectivity index (χ0) is 14.2. The molecule has 1 aromatic carbocycles. The van der Waals surface area contributed by atoms with Crippen LogP contribution in [0.15, 0.2) is 17.0 Å². The van der Waals surface area contributed by atoms with E-state index in [9.17, 15) is 17.9 Å². The van der Waals surface area contributed by atoms with Gasteiger partial charge in [-0.2, -0.15) is 4.31 Å². The van der Waals surface area contributed by atoms with Gasteiger partial charge < -0.3 is 10.8 Å². The van der Waals surface area contributed by atoms with Gasteiger partial charge in [-0.25, -0.2) is 12.8 Å². The number of sulfonamides is 1. The first-order valence-corrected chi connectivity index (χ1v) is 7.50. The maximum atomic E-state index is 13.4. The molecule has 2 rings (SSSR count). The minimum Gasteiger partial charge on any atom is -0.396 e. The average Bonchev–Trinajstić information content (AvgIpc) is 2.35. The number of anilines is 1. The molecular formula is C12H17FN2O3S. The maximum absolute atomic E-state index is 13.4. The number of β-amino-alcohol motifs (C(OH)–C–C–N with tert-alkyl or cyclic N) is 1. The Bertz CT molecular complexity index is 566. The van der Waals surface area contributed by atoms with Gasteiger partial charge in [-0.15, -0.1) is 0 Å². The topological polar surface area (TPSA) is 83.6 Å². The number of hydrogen-bond donors (Lipinski definition) is 2. The van der Waals surface area contributed by atoms with Gasteiger partial charge in [0.05, 0.1) is 16.7 Å². The number of nitrogen functional groups attached to an aromatic ring is 1. The van der Waals surface area contributed by atoms with Gasteiger partial charge in [-0.05, 0) is 37.5 Å². The van der Waals surface area contributed by atoms with E-state index in [0.29, 0.717) is 19.4 Å². The standard InChI is InChI=1S/C12H17FN2O3S/c1-8-5-10(6-11(14)12(8)13)19(17,18)15-4-2-3-9(16)7-15/h5-6,9,16H,2-4,7,14H2,1H3/t9-/m0/s1. The van der Waals surface area contributed by atoms with E-state index < -0.39 is 21.9 Å². The highest BCUT2D eigenvalue weighted by molar-refractivity contribution is 7.89. The molecule has 0 amide bonds. The third-order valence-electron chi connectivity index (χ3n) is 3.25. The fourth-order valence-corrected chi connectivity index (χ4v) is 3.84. The fourth-order valence-electron chi connectivity index (χ4n) is 2.20. The van der Waals surface area contributed by atoms with Gasteiger partial charge in [-0.1, -0.05) is 0 Å². The summed E-state index contributed by atoms with van der Waals surface area (Å²) in [5, 5.41) is 9.55. The van der Waals surface area contributed by atoms with Crippen LogP contribution in [0.4, 0.5) is 10.1 Å². The number of benzene rings is 1. The number of aliphatic hydroxyl groups excluding tert-OH is 1. The van der Waals surface area contributed by atoms with Crippen LogP contribution in [-0.4, -0.2) is 37.0 Å². The van der Waals surface area contributed by atoms with Crippen molar-refractivity contribution >= 4 is 15.7 Å². The lowest BCUT2D eigenvalue weighted by Crippen LogP contribution is -2.42. The molecular weight excluding hydrogens is 271 g/mol. The number of nitrogens with zero attached hydrogens (tertiary/aromatic N) is 1. The zero-order valence-electron chi connectivity index (χ0n) is 10.6. The molecule has 0 saturated carbocycles. The summed E-state index contributed by atoms with van der Waals surface area (Å²) in [5.74, 6) is -0.599. The van der Waals surface area contributed by atoms with Gasteiger partial charge in [0.25, 0.3) is 0 Å². The van der Waals surface area contributed by atoms with Gasteiger partial charge in [0.2, 0.25) is 10.0 Å².